The Bertz CT molecular complexity index is 442. The summed E-state index contributed by atoms with van der Waals surface area (Å²) < 4.78 is 44.2. The standard InChI is InChI=1S/C12H13F3O3/c1-8-5-3-4-6-9(8)11(18-2,7-10(16)17)12(13,14)15/h3-6H,7H2,1-2H3,(H,16,17). The molecule has 0 aromatic heterocycles. The molecule has 0 fully saturated rings. The zero-order chi connectivity index (χ0) is 14.0. The van der Waals surface area contributed by atoms with Gasteiger partial charge in [0.05, 0.1) is 6.42 Å². The Morgan fingerprint density at radius 3 is 2.28 bits per heavy atom. The van der Waals surface area contributed by atoms with Gasteiger partial charge in [-0.1, -0.05) is 24.3 Å². The average Bonchev–Trinajstić information content (AvgIpc) is 2.25. The Balaban J connectivity index is 3.45. The van der Waals surface area contributed by atoms with Crippen molar-refractivity contribution in [1.29, 1.82) is 0 Å². The van der Waals surface area contributed by atoms with E-state index >= 15 is 0 Å². The number of aryl methyl sites for hydroxylation is 1. The summed E-state index contributed by atoms with van der Waals surface area (Å²) in [5, 5.41) is 8.72. The first-order valence-electron chi connectivity index (χ1n) is 5.14. The maximum absolute atomic E-state index is 13.2. The van der Waals surface area contributed by atoms with Gasteiger partial charge in [-0.15, -0.1) is 0 Å². The summed E-state index contributed by atoms with van der Waals surface area (Å²) in [6.45, 7) is 1.48. The van der Waals surface area contributed by atoms with E-state index in [9.17, 15) is 18.0 Å². The average molecular weight is 262 g/mol. The summed E-state index contributed by atoms with van der Waals surface area (Å²) in [5.74, 6) is -1.57. The van der Waals surface area contributed by atoms with Gasteiger partial charge in [0.2, 0.25) is 0 Å². The van der Waals surface area contributed by atoms with Crippen LogP contribution >= 0.6 is 0 Å². The quantitative estimate of drug-likeness (QED) is 0.907. The van der Waals surface area contributed by atoms with Crippen molar-refractivity contribution in [2.24, 2.45) is 0 Å². The van der Waals surface area contributed by atoms with Crippen molar-refractivity contribution in [2.45, 2.75) is 25.1 Å². The van der Waals surface area contributed by atoms with Gasteiger partial charge in [0.1, 0.15) is 0 Å². The minimum absolute atomic E-state index is 0.178. The Morgan fingerprint density at radius 1 is 1.33 bits per heavy atom. The minimum atomic E-state index is -4.81. The molecule has 0 bridgehead atoms. The Kier molecular flexibility index (Phi) is 4.01. The van der Waals surface area contributed by atoms with Gasteiger partial charge in [0.15, 0.2) is 5.60 Å². The molecule has 1 rings (SSSR count). The number of hydrogen-bond donors (Lipinski definition) is 1. The van der Waals surface area contributed by atoms with Crippen LogP contribution in [0.5, 0.6) is 0 Å². The normalized spacial score (nSPS) is 15.2. The molecule has 1 N–H and O–H groups in total. The topological polar surface area (TPSA) is 46.5 Å². The van der Waals surface area contributed by atoms with Crippen molar-refractivity contribution in [3.05, 3.63) is 35.4 Å². The molecule has 1 aromatic carbocycles. The lowest BCUT2D eigenvalue weighted by Gasteiger charge is -2.34. The van der Waals surface area contributed by atoms with E-state index in [-0.39, 0.29) is 5.56 Å². The van der Waals surface area contributed by atoms with Crippen LogP contribution in [0, 0.1) is 6.92 Å². The molecule has 1 atom stereocenters. The third-order valence-corrected chi connectivity index (χ3v) is 2.79. The highest BCUT2D eigenvalue weighted by atomic mass is 19.4. The van der Waals surface area contributed by atoms with Crippen LogP contribution in [0.1, 0.15) is 17.5 Å². The predicted octanol–water partition coefficient (Wildman–Crippen LogP) is 2.87. The lowest BCUT2D eigenvalue weighted by molar-refractivity contribution is -0.279. The first-order chi connectivity index (χ1) is 8.24. The summed E-state index contributed by atoms with van der Waals surface area (Å²) in [6.07, 6.45) is -5.98. The largest absolute Gasteiger partial charge is 0.481 e. The molecule has 1 aromatic rings. The number of carboxylic acid groups (broad SMARTS) is 1. The van der Waals surface area contributed by atoms with Gasteiger partial charge in [-0.2, -0.15) is 13.2 Å². The third-order valence-electron chi connectivity index (χ3n) is 2.79. The van der Waals surface area contributed by atoms with E-state index in [2.05, 4.69) is 4.74 Å². The first-order valence-corrected chi connectivity index (χ1v) is 5.14. The van der Waals surface area contributed by atoms with E-state index in [0.29, 0.717) is 5.56 Å². The van der Waals surface area contributed by atoms with Gasteiger partial charge in [-0.05, 0) is 18.1 Å². The molecule has 0 aliphatic carbocycles. The van der Waals surface area contributed by atoms with Crippen molar-refractivity contribution in [2.75, 3.05) is 7.11 Å². The van der Waals surface area contributed by atoms with Gasteiger partial charge in [0, 0.05) is 7.11 Å². The lowest BCUT2D eigenvalue weighted by Crippen LogP contribution is -2.46. The number of benzene rings is 1. The van der Waals surface area contributed by atoms with Crippen molar-refractivity contribution < 1.29 is 27.8 Å². The second-order valence-electron chi connectivity index (χ2n) is 3.91. The summed E-state index contributed by atoms with van der Waals surface area (Å²) >= 11 is 0. The number of ether oxygens (including phenoxy) is 1. The van der Waals surface area contributed by atoms with Crippen LogP contribution in [0.2, 0.25) is 0 Å². The molecule has 6 heteroatoms. The van der Waals surface area contributed by atoms with Crippen LogP contribution in [0.4, 0.5) is 13.2 Å². The highest BCUT2D eigenvalue weighted by Crippen LogP contribution is 2.45. The van der Waals surface area contributed by atoms with E-state index in [4.69, 9.17) is 5.11 Å². The van der Waals surface area contributed by atoms with E-state index < -0.39 is 24.2 Å². The van der Waals surface area contributed by atoms with Crippen molar-refractivity contribution in [3.8, 4) is 0 Å². The Hall–Kier alpha value is -1.56. The molecule has 0 radical (unpaired) electrons. The Morgan fingerprint density at radius 2 is 1.89 bits per heavy atom. The van der Waals surface area contributed by atoms with Gasteiger partial charge < -0.3 is 9.84 Å². The highest BCUT2D eigenvalue weighted by molar-refractivity contribution is 5.69. The smallest absolute Gasteiger partial charge is 0.422 e. The number of carbonyl (C=O) groups is 1. The van der Waals surface area contributed by atoms with E-state index in [0.717, 1.165) is 7.11 Å². The SMILES string of the molecule is COC(CC(=O)O)(c1ccccc1C)C(F)(F)F. The number of aliphatic carboxylic acids is 1. The van der Waals surface area contributed by atoms with Crippen molar-refractivity contribution >= 4 is 5.97 Å². The number of alkyl halides is 3. The monoisotopic (exact) mass is 262 g/mol. The van der Waals surface area contributed by atoms with Crippen LogP contribution in [-0.2, 0) is 15.1 Å². The number of carboxylic acids is 1. The van der Waals surface area contributed by atoms with Gasteiger partial charge >= 0.3 is 12.1 Å². The molecule has 100 valence electrons. The number of rotatable bonds is 4. The second kappa shape index (κ2) is 4.97. The van der Waals surface area contributed by atoms with Crippen LogP contribution < -0.4 is 0 Å². The first kappa shape index (κ1) is 14.5. The highest BCUT2D eigenvalue weighted by Gasteiger charge is 2.58. The van der Waals surface area contributed by atoms with E-state index in [1.54, 1.807) is 6.07 Å². The molecule has 0 saturated heterocycles. The zero-order valence-electron chi connectivity index (χ0n) is 9.91. The van der Waals surface area contributed by atoms with Crippen LogP contribution in [0.25, 0.3) is 0 Å². The third kappa shape index (κ3) is 2.48. The van der Waals surface area contributed by atoms with Gasteiger partial charge in [-0.25, -0.2) is 0 Å². The van der Waals surface area contributed by atoms with Gasteiger partial charge in [-0.3, -0.25) is 4.79 Å². The molecule has 0 aliphatic rings. The summed E-state index contributed by atoms with van der Waals surface area (Å²) in [7, 11) is 0.864. The zero-order valence-corrected chi connectivity index (χ0v) is 9.91. The second-order valence-corrected chi connectivity index (χ2v) is 3.91. The Labute approximate surface area is 102 Å². The maximum atomic E-state index is 13.2. The van der Waals surface area contributed by atoms with Gasteiger partial charge in [0.25, 0.3) is 0 Å². The molecule has 0 saturated carbocycles. The summed E-state index contributed by atoms with van der Waals surface area (Å²) in [4.78, 5) is 10.7. The van der Waals surface area contributed by atoms with Crippen LogP contribution in [0.3, 0.4) is 0 Å². The molecule has 0 amide bonds. The molecule has 0 aliphatic heterocycles. The summed E-state index contributed by atoms with van der Waals surface area (Å²) in [5.41, 5.74) is -2.66. The van der Waals surface area contributed by atoms with E-state index in [1.807, 2.05) is 0 Å². The van der Waals surface area contributed by atoms with Crippen molar-refractivity contribution in [1.82, 2.24) is 0 Å². The molecule has 0 heterocycles. The number of methoxy groups -OCH3 is 1. The molecule has 3 nitrogen and oxygen atoms in total. The minimum Gasteiger partial charge on any atom is -0.481 e. The lowest BCUT2D eigenvalue weighted by atomic mass is 9.86. The molecule has 18 heavy (non-hydrogen) atoms. The fourth-order valence-corrected chi connectivity index (χ4v) is 1.88. The molecule has 1 unspecified atom stereocenters. The molecule has 0 spiro atoms. The molecular formula is C12H13F3O3. The maximum Gasteiger partial charge on any atom is 0.422 e. The summed E-state index contributed by atoms with van der Waals surface area (Å²) in [6, 6.07) is 5.71. The number of hydrogen-bond acceptors (Lipinski definition) is 2. The van der Waals surface area contributed by atoms with Crippen LogP contribution in [-0.4, -0.2) is 24.4 Å². The van der Waals surface area contributed by atoms with E-state index in [1.165, 1.54) is 25.1 Å². The fourth-order valence-electron chi connectivity index (χ4n) is 1.88. The number of halogens is 3. The van der Waals surface area contributed by atoms with Crippen LogP contribution in [0.15, 0.2) is 24.3 Å². The molecular weight excluding hydrogens is 249 g/mol. The van der Waals surface area contributed by atoms with Crippen molar-refractivity contribution in [3.63, 3.8) is 0 Å². The fraction of sp³-hybridized carbons (Fsp3) is 0.417. The predicted molar refractivity (Wildman–Crippen MR) is 58.2 cm³/mol.